The lowest BCUT2D eigenvalue weighted by Gasteiger charge is -2.14. The molecule has 3 aromatic rings. The van der Waals surface area contributed by atoms with Crippen LogP contribution in [0.15, 0.2) is 57.2 Å². The summed E-state index contributed by atoms with van der Waals surface area (Å²) in [4.78, 5) is 20.7. The van der Waals surface area contributed by atoms with E-state index in [2.05, 4.69) is 36.4 Å². The highest BCUT2D eigenvalue weighted by Crippen LogP contribution is 2.37. The van der Waals surface area contributed by atoms with E-state index in [-0.39, 0.29) is 11.7 Å². The van der Waals surface area contributed by atoms with Crippen molar-refractivity contribution < 1.29 is 14.3 Å². The van der Waals surface area contributed by atoms with Crippen molar-refractivity contribution in [3.8, 4) is 11.5 Å². The topological polar surface area (TPSA) is 85.7 Å². The molecule has 0 fully saturated rings. The predicted molar refractivity (Wildman–Crippen MR) is 134 cm³/mol. The molecule has 0 radical (unpaired) electrons. The third-order valence-electron chi connectivity index (χ3n) is 4.28. The molecule has 0 spiro atoms. The number of hydrogen-bond acceptors (Lipinski definition) is 7. The number of thioether (sulfide) groups is 1. The number of hydrogen-bond donors (Lipinski definition) is 1. The average molecular weight is 550 g/mol. The van der Waals surface area contributed by atoms with E-state index < -0.39 is 0 Å². The number of ether oxygens (including phenoxy) is 2. The number of hydrazone groups is 1. The molecule has 0 unspecified atom stereocenters. The van der Waals surface area contributed by atoms with Gasteiger partial charge in [0.2, 0.25) is 0 Å². The molecule has 3 rings (SSSR count). The number of carbonyl (C=O) groups is 1. The number of aryl methyl sites for hydroxylation is 2. The van der Waals surface area contributed by atoms with Crippen LogP contribution in [0, 0.1) is 13.8 Å². The Hall–Kier alpha value is -2.62. The van der Waals surface area contributed by atoms with Crippen molar-refractivity contribution in [1.29, 1.82) is 0 Å². The minimum atomic E-state index is -0.260. The molecule has 7 nitrogen and oxygen atoms in total. The van der Waals surface area contributed by atoms with Gasteiger partial charge in [-0.3, -0.25) is 4.79 Å². The maximum Gasteiger partial charge on any atom is 0.250 e. The second-order valence-corrected chi connectivity index (χ2v) is 9.13. The smallest absolute Gasteiger partial charge is 0.250 e. The van der Waals surface area contributed by atoms with Crippen molar-refractivity contribution in [2.45, 2.75) is 25.6 Å². The van der Waals surface area contributed by atoms with Crippen LogP contribution in [0.2, 0.25) is 5.02 Å². The molecule has 0 saturated heterocycles. The van der Waals surface area contributed by atoms with Crippen molar-refractivity contribution in [1.82, 2.24) is 15.4 Å². The van der Waals surface area contributed by atoms with Gasteiger partial charge in [0, 0.05) is 22.0 Å². The van der Waals surface area contributed by atoms with Gasteiger partial charge in [0.05, 0.1) is 23.5 Å². The molecule has 0 aliphatic rings. The summed E-state index contributed by atoms with van der Waals surface area (Å²) >= 11 is 11.0. The van der Waals surface area contributed by atoms with Crippen molar-refractivity contribution in [2.24, 2.45) is 5.10 Å². The highest BCUT2D eigenvalue weighted by molar-refractivity contribution is 9.10. The van der Waals surface area contributed by atoms with E-state index in [9.17, 15) is 4.79 Å². The van der Waals surface area contributed by atoms with Gasteiger partial charge in [-0.15, -0.1) is 0 Å². The Bertz CT molecular complexity index is 1160. The Kier molecular flexibility index (Phi) is 9.11. The predicted octanol–water partition coefficient (Wildman–Crippen LogP) is 5.34. The Morgan fingerprint density at radius 1 is 1.21 bits per heavy atom. The fraction of sp³-hybridized carbons (Fsp3) is 0.217. The molecule has 1 N–H and O–H groups in total. The summed E-state index contributed by atoms with van der Waals surface area (Å²) in [6, 6.07) is 12.9. The molecule has 1 aromatic heterocycles. The normalized spacial score (nSPS) is 10.9. The van der Waals surface area contributed by atoms with Crippen molar-refractivity contribution >= 4 is 51.4 Å². The molecule has 172 valence electrons. The lowest BCUT2D eigenvalue weighted by atomic mass is 10.2. The lowest BCUT2D eigenvalue weighted by molar-refractivity contribution is -0.118. The van der Waals surface area contributed by atoms with Crippen LogP contribution in [0.5, 0.6) is 11.5 Å². The summed E-state index contributed by atoms with van der Waals surface area (Å²) in [5.41, 5.74) is 5.82. The first kappa shape index (κ1) is 25.0. The van der Waals surface area contributed by atoms with Crippen LogP contribution in [0.25, 0.3) is 0 Å². The number of carbonyl (C=O) groups excluding carboxylic acids is 1. The molecule has 0 saturated carbocycles. The number of amides is 1. The van der Waals surface area contributed by atoms with Crippen molar-refractivity contribution in [3.63, 3.8) is 0 Å². The van der Waals surface area contributed by atoms with Gasteiger partial charge in [-0.05, 0) is 59.6 Å². The summed E-state index contributed by atoms with van der Waals surface area (Å²) in [6.07, 6.45) is 1.53. The number of nitrogens with zero attached hydrogens (tertiary/aromatic N) is 3. The minimum absolute atomic E-state index is 0.155. The molecule has 1 amide bonds. The van der Waals surface area contributed by atoms with Crippen molar-refractivity contribution in [3.05, 3.63) is 74.5 Å². The van der Waals surface area contributed by atoms with Gasteiger partial charge >= 0.3 is 0 Å². The third kappa shape index (κ3) is 7.45. The van der Waals surface area contributed by atoms with Crippen LogP contribution in [0.4, 0.5) is 0 Å². The van der Waals surface area contributed by atoms with E-state index in [1.54, 1.807) is 13.2 Å². The molecule has 2 aromatic carbocycles. The van der Waals surface area contributed by atoms with E-state index in [1.165, 1.54) is 18.0 Å². The Morgan fingerprint density at radius 3 is 2.64 bits per heavy atom. The molecule has 0 aliphatic heterocycles. The van der Waals surface area contributed by atoms with E-state index in [0.717, 1.165) is 22.5 Å². The van der Waals surface area contributed by atoms with Gasteiger partial charge in [0.1, 0.15) is 6.61 Å². The molecular weight excluding hydrogens is 528 g/mol. The summed E-state index contributed by atoms with van der Waals surface area (Å²) in [7, 11) is 1.55. The minimum Gasteiger partial charge on any atom is -0.493 e. The molecular formula is C23H22BrClN4O3S. The molecule has 33 heavy (non-hydrogen) atoms. The van der Waals surface area contributed by atoms with Gasteiger partial charge in [-0.25, -0.2) is 15.4 Å². The highest BCUT2D eigenvalue weighted by Gasteiger charge is 2.12. The van der Waals surface area contributed by atoms with E-state index in [0.29, 0.717) is 32.8 Å². The second kappa shape index (κ2) is 12.0. The molecule has 0 aliphatic carbocycles. The fourth-order valence-corrected chi connectivity index (χ4v) is 4.33. The molecule has 0 bridgehead atoms. The number of nitrogens with one attached hydrogen (secondary N) is 1. The standard InChI is InChI=1S/C23H22BrClN4O3S/c1-14-8-15(2)28-23(27-14)33-13-21(30)29-26-11-16-9-18(24)22(20(10-16)31-3)32-12-17-6-4-5-7-19(17)25/h4-11H,12-13H2,1-3H3,(H,29,30)/b26-11-. The Labute approximate surface area is 210 Å². The van der Waals surface area contributed by atoms with Crippen LogP contribution >= 0.6 is 39.3 Å². The SMILES string of the molecule is COc1cc(/C=N\NC(=O)CSc2nc(C)cc(C)n2)cc(Br)c1OCc1ccccc1Cl. The van der Waals surface area contributed by atoms with E-state index >= 15 is 0 Å². The van der Waals surface area contributed by atoms with Gasteiger partial charge < -0.3 is 9.47 Å². The number of benzene rings is 2. The highest BCUT2D eigenvalue weighted by atomic mass is 79.9. The zero-order chi connectivity index (χ0) is 23.8. The lowest BCUT2D eigenvalue weighted by Crippen LogP contribution is -2.19. The first-order valence-corrected chi connectivity index (χ1v) is 12.0. The average Bonchev–Trinajstić information content (AvgIpc) is 2.77. The van der Waals surface area contributed by atoms with Crippen LogP contribution in [0.1, 0.15) is 22.5 Å². The zero-order valence-corrected chi connectivity index (χ0v) is 21.4. The van der Waals surface area contributed by atoms with Crippen LogP contribution in [-0.2, 0) is 11.4 Å². The summed E-state index contributed by atoms with van der Waals surface area (Å²) in [6.45, 7) is 4.07. The monoisotopic (exact) mass is 548 g/mol. The number of rotatable bonds is 9. The van der Waals surface area contributed by atoms with Crippen LogP contribution < -0.4 is 14.9 Å². The summed E-state index contributed by atoms with van der Waals surface area (Å²) in [5, 5.41) is 5.22. The van der Waals surface area contributed by atoms with Crippen molar-refractivity contribution in [2.75, 3.05) is 12.9 Å². The Morgan fingerprint density at radius 2 is 1.94 bits per heavy atom. The number of methoxy groups -OCH3 is 1. The quantitative estimate of drug-likeness (QED) is 0.168. The summed E-state index contributed by atoms with van der Waals surface area (Å²) < 4.78 is 12.1. The van der Waals surface area contributed by atoms with E-state index in [1.807, 2.05) is 50.2 Å². The second-order valence-electron chi connectivity index (χ2n) is 6.93. The largest absolute Gasteiger partial charge is 0.493 e. The Balaban J connectivity index is 1.59. The van der Waals surface area contributed by atoms with Gasteiger partial charge in [0.25, 0.3) is 5.91 Å². The third-order valence-corrected chi connectivity index (χ3v) is 6.08. The van der Waals surface area contributed by atoms with Crippen LogP contribution in [-0.4, -0.2) is 35.0 Å². The molecule has 1 heterocycles. The maximum absolute atomic E-state index is 12.1. The van der Waals surface area contributed by atoms with Gasteiger partial charge in [0.15, 0.2) is 16.7 Å². The first-order chi connectivity index (χ1) is 15.9. The number of aromatic nitrogens is 2. The molecule has 10 heteroatoms. The molecule has 0 atom stereocenters. The van der Waals surface area contributed by atoms with Gasteiger partial charge in [-0.2, -0.15) is 5.10 Å². The van der Waals surface area contributed by atoms with Crippen LogP contribution in [0.3, 0.4) is 0 Å². The number of halogens is 2. The van der Waals surface area contributed by atoms with E-state index in [4.69, 9.17) is 21.1 Å². The fourth-order valence-electron chi connectivity index (χ4n) is 2.82. The first-order valence-electron chi connectivity index (χ1n) is 9.86. The zero-order valence-electron chi connectivity index (χ0n) is 18.3. The van der Waals surface area contributed by atoms with Gasteiger partial charge in [-0.1, -0.05) is 41.6 Å². The maximum atomic E-state index is 12.1. The summed E-state index contributed by atoms with van der Waals surface area (Å²) in [5.74, 6) is 0.960.